The van der Waals surface area contributed by atoms with Gasteiger partial charge in [-0.15, -0.1) is 0 Å². The van der Waals surface area contributed by atoms with Crippen LogP contribution < -0.4 is 5.32 Å². The first kappa shape index (κ1) is 14.0. The van der Waals surface area contributed by atoms with Crippen molar-refractivity contribution in [1.82, 2.24) is 5.32 Å². The van der Waals surface area contributed by atoms with E-state index in [0.717, 1.165) is 31.3 Å². The van der Waals surface area contributed by atoms with Gasteiger partial charge in [-0.05, 0) is 49.9 Å². The van der Waals surface area contributed by atoms with Crippen molar-refractivity contribution < 1.29 is 5.11 Å². The van der Waals surface area contributed by atoms with E-state index >= 15 is 0 Å². The first-order valence-corrected chi connectivity index (χ1v) is 6.88. The molecule has 0 unspecified atom stereocenters. The summed E-state index contributed by atoms with van der Waals surface area (Å²) in [5.74, 6) is 0.931. The maximum Gasteiger partial charge on any atom is 0.0431 e. The molecule has 0 aromatic heterocycles. The molecule has 16 heavy (non-hydrogen) atoms. The minimum atomic E-state index is 0.324. The number of hydrogen-bond donors (Lipinski definition) is 2. The lowest BCUT2D eigenvalue weighted by atomic mass is 9.85. The Hall–Kier alpha value is -0.0800. The normalized spacial score (nSPS) is 27.0. The second kappa shape index (κ2) is 6.61. The van der Waals surface area contributed by atoms with Crippen LogP contribution in [0.2, 0.25) is 0 Å². The quantitative estimate of drug-likeness (QED) is 0.731. The Kier molecular flexibility index (Phi) is 5.77. The fourth-order valence-electron chi connectivity index (χ4n) is 2.53. The Morgan fingerprint density at radius 3 is 2.38 bits per heavy atom. The highest BCUT2D eigenvalue weighted by molar-refractivity contribution is 4.79. The van der Waals surface area contributed by atoms with Gasteiger partial charge in [-0.2, -0.15) is 0 Å². The van der Waals surface area contributed by atoms with E-state index < -0.39 is 0 Å². The lowest BCUT2D eigenvalue weighted by Gasteiger charge is -2.31. The summed E-state index contributed by atoms with van der Waals surface area (Å²) in [7, 11) is 0. The maximum atomic E-state index is 8.86. The Morgan fingerprint density at radius 1 is 1.19 bits per heavy atom. The largest absolute Gasteiger partial charge is 0.396 e. The first-order chi connectivity index (χ1) is 7.53. The van der Waals surface area contributed by atoms with Crippen LogP contribution in [-0.4, -0.2) is 24.3 Å². The lowest BCUT2D eigenvalue weighted by molar-refractivity contribution is 0.220. The van der Waals surface area contributed by atoms with Crippen molar-refractivity contribution in [1.29, 1.82) is 0 Å². The van der Waals surface area contributed by atoms with Crippen LogP contribution in [0.1, 0.15) is 59.3 Å². The Labute approximate surface area is 101 Å². The molecule has 1 saturated carbocycles. The minimum Gasteiger partial charge on any atom is -0.396 e. The van der Waals surface area contributed by atoms with Gasteiger partial charge in [0.05, 0.1) is 0 Å². The van der Waals surface area contributed by atoms with Crippen LogP contribution in [0.25, 0.3) is 0 Å². The average molecular weight is 227 g/mol. The van der Waals surface area contributed by atoms with Gasteiger partial charge < -0.3 is 10.4 Å². The van der Waals surface area contributed by atoms with E-state index in [4.69, 9.17) is 5.11 Å². The first-order valence-electron chi connectivity index (χ1n) is 6.88. The van der Waals surface area contributed by atoms with Crippen LogP contribution in [0, 0.1) is 11.3 Å². The molecule has 0 aliphatic heterocycles. The van der Waals surface area contributed by atoms with Crippen LogP contribution in [-0.2, 0) is 0 Å². The Morgan fingerprint density at radius 2 is 1.81 bits per heavy atom. The van der Waals surface area contributed by atoms with E-state index in [-0.39, 0.29) is 0 Å². The number of aliphatic hydroxyl groups is 1. The predicted octanol–water partition coefficient (Wildman–Crippen LogP) is 2.95. The summed E-state index contributed by atoms with van der Waals surface area (Å²) >= 11 is 0. The summed E-state index contributed by atoms with van der Waals surface area (Å²) in [6.45, 7) is 8.36. The van der Waals surface area contributed by atoms with Crippen molar-refractivity contribution in [3.8, 4) is 0 Å². The van der Waals surface area contributed by atoms with Gasteiger partial charge in [0.15, 0.2) is 0 Å². The van der Waals surface area contributed by atoms with Crippen molar-refractivity contribution in [3.63, 3.8) is 0 Å². The molecule has 2 N–H and O–H groups in total. The van der Waals surface area contributed by atoms with Crippen LogP contribution in [0.15, 0.2) is 0 Å². The molecule has 0 spiro atoms. The topological polar surface area (TPSA) is 32.3 Å². The summed E-state index contributed by atoms with van der Waals surface area (Å²) in [5.41, 5.74) is 0.325. The summed E-state index contributed by atoms with van der Waals surface area (Å²) in [4.78, 5) is 0. The van der Waals surface area contributed by atoms with Crippen molar-refractivity contribution in [2.45, 2.75) is 65.3 Å². The van der Waals surface area contributed by atoms with E-state index in [0.29, 0.717) is 12.0 Å². The second-order valence-corrected chi connectivity index (χ2v) is 6.33. The van der Waals surface area contributed by atoms with Gasteiger partial charge in [0.25, 0.3) is 0 Å². The molecule has 1 rings (SSSR count). The second-order valence-electron chi connectivity index (χ2n) is 6.33. The third kappa shape index (κ3) is 5.31. The van der Waals surface area contributed by atoms with E-state index in [1.165, 1.54) is 25.7 Å². The Bertz CT molecular complexity index is 183. The number of nitrogens with one attached hydrogen (secondary N) is 1. The maximum absolute atomic E-state index is 8.86. The molecule has 0 saturated heterocycles. The van der Waals surface area contributed by atoms with Gasteiger partial charge in [0.1, 0.15) is 0 Å². The molecule has 0 bridgehead atoms. The van der Waals surface area contributed by atoms with Crippen LogP contribution in [0.5, 0.6) is 0 Å². The molecule has 0 atom stereocenters. The van der Waals surface area contributed by atoms with Crippen molar-refractivity contribution in [3.05, 3.63) is 0 Å². The SMILES string of the molecule is CC1CCC(NCC(C)(C)CCCO)CC1. The van der Waals surface area contributed by atoms with Gasteiger partial charge in [-0.1, -0.05) is 20.8 Å². The highest BCUT2D eigenvalue weighted by Gasteiger charge is 2.22. The van der Waals surface area contributed by atoms with Gasteiger partial charge in [0.2, 0.25) is 0 Å². The molecule has 1 fully saturated rings. The smallest absolute Gasteiger partial charge is 0.0431 e. The zero-order chi connectivity index (χ0) is 12.0. The van der Waals surface area contributed by atoms with E-state index in [2.05, 4.69) is 26.1 Å². The highest BCUT2D eigenvalue weighted by atomic mass is 16.2. The van der Waals surface area contributed by atoms with Crippen LogP contribution >= 0.6 is 0 Å². The molecule has 0 aromatic carbocycles. The summed E-state index contributed by atoms with van der Waals surface area (Å²) < 4.78 is 0. The van der Waals surface area contributed by atoms with E-state index in [9.17, 15) is 0 Å². The minimum absolute atomic E-state index is 0.324. The molecule has 1 aliphatic carbocycles. The molecular formula is C14H29NO. The fraction of sp³-hybridized carbons (Fsp3) is 1.00. The molecule has 0 radical (unpaired) electrons. The summed E-state index contributed by atoms with van der Waals surface area (Å²) in [6.07, 6.45) is 7.49. The average Bonchev–Trinajstić information content (AvgIpc) is 2.26. The highest BCUT2D eigenvalue weighted by Crippen LogP contribution is 2.25. The Balaban J connectivity index is 2.17. The third-order valence-corrected chi connectivity index (χ3v) is 3.90. The predicted molar refractivity (Wildman–Crippen MR) is 69.5 cm³/mol. The lowest BCUT2D eigenvalue weighted by Crippen LogP contribution is -2.39. The number of aliphatic hydroxyl groups excluding tert-OH is 1. The molecular weight excluding hydrogens is 198 g/mol. The molecule has 96 valence electrons. The summed E-state index contributed by atoms with van der Waals surface area (Å²) in [6, 6.07) is 0.740. The zero-order valence-corrected chi connectivity index (χ0v) is 11.3. The molecule has 1 aliphatic rings. The van der Waals surface area contributed by atoms with E-state index in [1.54, 1.807) is 0 Å². The van der Waals surface area contributed by atoms with Gasteiger partial charge in [0, 0.05) is 19.2 Å². The van der Waals surface area contributed by atoms with Crippen molar-refractivity contribution >= 4 is 0 Å². The fourth-order valence-corrected chi connectivity index (χ4v) is 2.53. The summed E-state index contributed by atoms with van der Waals surface area (Å²) in [5, 5.41) is 12.6. The molecule has 2 nitrogen and oxygen atoms in total. The number of hydrogen-bond acceptors (Lipinski definition) is 2. The van der Waals surface area contributed by atoms with E-state index in [1.807, 2.05) is 0 Å². The molecule has 0 heterocycles. The zero-order valence-electron chi connectivity index (χ0n) is 11.3. The molecule has 0 amide bonds. The third-order valence-electron chi connectivity index (χ3n) is 3.90. The van der Waals surface area contributed by atoms with Crippen molar-refractivity contribution in [2.75, 3.05) is 13.2 Å². The number of rotatable bonds is 6. The molecule has 0 aromatic rings. The van der Waals surface area contributed by atoms with Crippen molar-refractivity contribution in [2.24, 2.45) is 11.3 Å². The monoisotopic (exact) mass is 227 g/mol. The van der Waals surface area contributed by atoms with Crippen LogP contribution in [0.4, 0.5) is 0 Å². The van der Waals surface area contributed by atoms with Gasteiger partial charge >= 0.3 is 0 Å². The standard InChI is InChI=1S/C14H29NO/c1-12-5-7-13(8-6-12)15-11-14(2,3)9-4-10-16/h12-13,15-16H,4-11H2,1-3H3. The van der Waals surface area contributed by atoms with Crippen LogP contribution in [0.3, 0.4) is 0 Å². The molecule has 2 heteroatoms. The van der Waals surface area contributed by atoms with Gasteiger partial charge in [-0.25, -0.2) is 0 Å². The van der Waals surface area contributed by atoms with Gasteiger partial charge in [-0.3, -0.25) is 0 Å².